The second-order valence-corrected chi connectivity index (χ2v) is 19.2. The van der Waals surface area contributed by atoms with Crippen molar-refractivity contribution >= 4 is 65.9 Å². The second-order valence-electron chi connectivity index (χ2n) is 18.8. The Bertz CT molecular complexity index is 1560. The van der Waals surface area contributed by atoms with Crippen LogP contribution in [0.2, 0.25) is 0 Å². The highest BCUT2D eigenvalue weighted by Gasteiger charge is 2.35. The van der Waals surface area contributed by atoms with E-state index in [0.717, 1.165) is 0 Å². The molecule has 0 fully saturated rings. The van der Waals surface area contributed by atoms with E-state index in [1.165, 1.54) is 13.8 Å². The van der Waals surface area contributed by atoms with E-state index in [1.54, 1.807) is 27.7 Å². The van der Waals surface area contributed by atoms with Crippen molar-refractivity contribution in [1.82, 2.24) is 42.5 Å². The molecular formula is C43H79N9O10S. The lowest BCUT2D eigenvalue weighted by Gasteiger charge is -2.29. The maximum absolute atomic E-state index is 13.8. The highest BCUT2D eigenvalue weighted by atomic mass is 32.1. The molecule has 0 saturated carbocycles. The molecule has 0 aliphatic heterocycles. The summed E-state index contributed by atoms with van der Waals surface area (Å²) in [6.45, 7) is 24.3. The third-order valence-corrected chi connectivity index (χ3v) is 10.2. The average molecular weight is 914 g/mol. The van der Waals surface area contributed by atoms with Crippen molar-refractivity contribution < 1.29 is 48.3 Å². The van der Waals surface area contributed by atoms with E-state index in [0.29, 0.717) is 6.42 Å². The molecule has 0 aromatic heterocycles. The first kappa shape index (κ1) is 58.5. The van der Waals surface area contributed by atoms with Gasteiger partial charge in [0.25, 0.3) is 0 Å². The van der Waals surface area contributed by atoms with Crippen molar-refractivity contribution in [2.24, 2.45) is 41.2 Å². The summed E-state index contributed by atoms with van der Waals surface area (Å²) in [7, 11) is 0. The maximum atomic E-state index is 13.8. The van der Waals surface area contributed by atoms with Crippen LogP contribution in [0.4, 0.5) is 0 Å². The third kappa shape index (κ3) is 22.1. The van der Waals surface area contributed by atoms with Crippen molar-refractivity contribution in [2.75, 3.05) is 5.75 Å². The minimum absolute atomic E-state index is 0.00370. The monoisotopic (exact) mass is 914 g/mol. The normalized spacial score (nSPS) is 15.9. The molecular weight excluding hydrogens is 835 g/mol. The van der Waals surface area contributed by atoms with Crippen LogP contribution in [0.5, 0.6) is 0 Å². The summed E-state index contributed by atoms with van der Waals surface area (Å²) >= 11 is 4.27. The first-order chi connectivity index (χ1) is 29.0. The van der Waals surface area contributed by atoms with E-state index < -0.39 is 119 Å². The number of hydrogen-bond donors (Lipinski definition) is 11. The van der Waals surface area contributed by atoms with Crippen LogP contribution in [0.1, 0.15) is 123 Å². The summed E-state index contributed by atoms with van der Waals surface area (Å²) in [6, 6.07) is -9.94. The predicted octanol–water partition coefficient (Wildman–Crippen LogP) is 0.743. The van der Waals surface area contributed by atoms with Gasteiger partial charge in [-0.05, 0) is 75.0 Å². The van der Waals surface area contributed by atoms with Gasteiger partial charge in [0.2, 0.25) is 47.3 Å². The zero-order chi connectivity index (χ0) is 49.0. The number of hydrogen-bond acceptors (Lipinski definition) is 11. The summed E-state index contributed by atoms with van der Waals surface area (Å²) in [4.78, 5) is 118. The van der Waals surface area contributed by atoms with Gasteiger partial charge in [-0.25, -0.2) is 4.79 Å². The standard InChI is InChI=1S/C43H79N9O10S/c1-20(2)15-28(44)37(55)48-30(17-22(5)6)39(57)50-32(19-63)41(59)51-33(24(9)10)42(60)49-29(16-21(3)4)38(56)46-26(13)35(53)45-27(14)36(54)47-31(18-23(7)8)40(58)52-34(25(11)12)43(61)62/h20-34,63H,15-19,44H2,1-14H3,(H,45,53)(H,46,56)(H,47,54)(H,48,55)(H,49,60)(H,50,57)(H,51,59)(H,52,58)(H,61,62)/t26-,27-,28-,29-,30-,31-,32-,33-,34-/m0/s1. The summed E-state index contributed by atoms with van der Waals surface area (Å²) in [5.74, 6) is -7.63. The Morgan fingerprint density at radius 3 is 1.08 bits per heavy atom. The number of aliphatic carboxylic acids is 1. The van der Waals surface area contributed by atoms with Gasteiger partial charge in [0.1, 0.15) is 48.3 Å². The molecule has 0 bridgehead atoms. The van der Waals surface area contributed by atoms with Crippen molar-refractivity contribution in [3.63, 3.8) is 0 Å². The Morgan fingerprint density at radius 2 is 0.698 bits per heavy atom. The number of nitrogens with one attached hydrogen (secondary N) is 8. The van der Waals surface area contributed by atoms with Crippen molar-refractivity contribution in [3.8, 4) is 0 Å². The largest absolute Gasteiger partial charge is 0.480 e. The average Bonchev–Trinajstić information content (AvgIpc) is 3.15. The Labute approximate surface area is 379 Å². The zero-order valence-corrected chi connectivity index (χ0v) is 40.7. The summed E-state index contributed by atoms with van der Waals surface area (Å²) in [5.41, 5.74) is 6.05. The molecule has 20 heteroatoms. The van der Waals surface area contributed by atoms with E-state index in [-0.39, 0.29) is 48.7 Å². The Morgan fingerprint density at radius 1 is 0.397 bits per heavy atom. The molecule has 63 heavy (non-hydrogen) atoms. The lowest BCUT2D eigenvalue weighted by Crippen LogP contribution is -2.61. The summed E-state index contributed by atoms with van der Waals surface area (Å²) in [5, 5.41) is 30.4. The molecule has 0 aliphatic carbocycles. The number of carboxylic acids is 1. The molecule has 0 saturated heterocycles. The molecule has 0 unspecified atom stereocenters. The zero-order valence-electron chi connectivity index (χ0n) is 39.8. The van der Waals surface area contributed by atoms with Gasteiger partial charge >= 0.3 is 5.97 Å². The molecule has 0 aromatic rings. The lowest BCUT2D eigenvalue weighted by atomic mass is 9.99. The fourth-order valence-electron chi connectivity index (χ4n) is 6.37. The van der Waals surface area contributed by atoms with E-state index in [9.17, 15) is 48.3 Å². The first-order valence-corrected chi connectivity index (χ1v) is 22.7. The van der Waals surface area contributed by atoms with Crippen LogP contribution in [0.15, 0.2) is 0 Å². The second kappa shape index (κ2) is 28.4. The number of carbonyl (C=O) groups excluding carboxylic acids is 8. The third-order valence-electron chi connectivity index (χ3n) is 9.88. The van der Waals surface area contributed by atoms with Gasteiger partial charge in [0.15, 0.2) is 0 Å². The number of nitrogens with two attached hydrogens (primary N) is 1. The molecule has 0 heterocycles. The van der Waals surface area contributed by atoms with Gasteiger partial charge in [-0.3, -0.25) is 38.4 Å². The SMILES string of the molecule is CC(C)C[C@H](NC(=O)[C@H](C)NC(=O)[C@H](C)NC(=O)[C@H](CC(C)C)NC(=O)[C@@H](NC(=O)[C@H](CS)NC(=O)[C@H](CC(C)C)NC(=O)[C@@H](N)CC(C)C)C(C)C)C(=O)N[C@H](C(=O)O)C(C)C. The Balaban J connectivity index is 5.88. The molecule has 11 N–H and O–H groups in total. The van der Waals surface area contributed by atoms with Crippen LogP contribution in [0, 0.1) is 35.5 Å². The number of carbonyl (C=O) groups is 9. The van der Waals surface area contributed by atoms with Crippen molar-refractivity contribution in [3.05, 3.63) is 0 Å². The first-order valence-electron chi connectivity index (χ1n) is 22.0. The molecule has 9 atom stereocenters. The van der Waals surface area contributed by atoms with Crippen LogP contribution in [0.25, 0.3) is 0 Å². The fraction of sp³-hybridized carbons (Fsp3) is 0.791. The van der Waals surface area contributed by atoms with Crippen molar-refractivity contribution in [2.45, 2.75) is 177 Å². The summed E-state index contributed by atoms with van der Waals surface area (Å²) < 4.78 is 0. The highest BCUT2D eigenvalue weighted by molar-refractivity contribution is 7.80. The number of thiol groups is 1. The highest BCUT2D eigenvalue weighted by Crippen LogP contribution is 2.12. The topological polar surface area (TPSA) is 296 Å². The van der Waals surface area contributed by atoms with E-state index in [2.05, 4.69) is 55.2 Å². The number of rotatable bonds is 28. The van der Waals surface area contributed by atoms with Gasteiger partial charge in [0.05, 0.1) is 6.04 Å². The van der Waals surface area contributed by atoms with Crippen LogP contribution >= 0.6 is 12.6 Å². The molecule has 8 amide bonds. The van der Waals surface area contributed by atoms with E-state index >= 15 is 0 Å². The van der Waals surface area contributed by atoms with Crippen LogP contribution < -0.4 is 48.3 Å². The quantitative estimate of drug-likeness (QED) is 0.0487. The minimum atomic E-state index is -1.22. The lowest BCUT2D eigenvalue weighted by molar-refractivity contribution is -0.143. The Hall–Kier alpha value is -4.46. The fourth-order valence-corrected chi connectivity index (χ4v) is 6.62. The van der Waals surface area contributed by atoms with Crippen molar-refractivity contribution in [1.29, 1.82) is 0 Å². The van der Waals surface area contributed by atoms with Crippen LogP contribution in [-0.2, 0) is 43.2 Å². The molecule has 0 spiro atoms. The minimum Gasteiger partial charge on any atom is -0.480 e. The summed E-state index contributed by atoms with van der Waals surface area (Å²) in [6.07, 6.45) is 1.03. The smallest absolute Gasteiger partial charge is 0.326 e. The van der Waals surface area contributed by atoms with E-state index in [4.69, 9.17) is 5.73 Å². The van der Waals surface area contributed by atoms with Crippen LogP contribution in [-0.4, -0.2) is 118 Å². The molecule has 0 aliphatic rings. The number of carboxylic acid groups (broad SMARTS) is 1. The molecule has 362 valence electrons. The Kier molecular flexibility index (Phi) is 26.3. The van der Waals surface area contributed by atoms with Crippen LogP contribution in [0.3, 0.4) is 0 Å². The van der Waals surface area contributed by atoms with E-state index in [1.807, 2.05) is 55.4 Å². The molecule has 0 radical (unpaired) electrons. The maximum Gasteiger partial charge on any atom is 0.326 e. The van der Waals surface area contributed by atoms with Gasteiger partial charge < -0.3 is 53.4 Å². The van der Waals surface area contributed by atoms with Gasteiger partial charge in [0, 0.05) is 5.75 Å². The molecule has 0 aromatic carbocycles. The van der Waals surface area contributed by atoms with Gasteiger partial charge in [-0.1, -0.05) is 83.1 Å². The predicted molar refractivity (Wildman–Crippen MR) is 244 cm³/mol. The van der Waals surface area contributed by atoms with Gasteiger partial charge in [-0.15, -0.1) is 0 Å². The molecule has 19 nitrogen and oxygen atoms in total. The number of amides is 8. The van der Waals surface area contributed by atoms with Gasteiger partial charge in [-0.2, -0.15) is 12.6 Å². The molecule has 0 rings (SSSR count).